The predicted molar refractivity (Wildman–Crippen MR) is 73.3 cm³/mol. The summed E-state index contributed by atoms with van der Waals surface area (Å²) < 4.78 is 5.84. The number of nitrogens with zero attached hydrogens (tertiary/aromatic N) is 1. The SMILES string of the molecule is C[P@@]1CCC[C@@H]1C1=N[C@@H](c2ccccc2)CO1. The lowest BCUT2D eigenvalue weighted by atomic mass is 10.1. The minimum atomic E-state index is 0.117. The first kappa shape index (κ1) is 11.2. The molecule has 0 amide bonds. The molecule has 0 unspecified atom stereocenters. The van der Waals surface area contributed by atoms with Crippen molar-refractivity contribution in [2.75, 3.05) is 19.4 Å². The van der Waals surface area contributed by atoms with E-state index in [9.17, 15) is 0 Å². The zero-order valence-electron chi connectivity index (χ0n) is 10.2. The lowest BCUT2D eigenvalue weighted by Gasteiger charge is -2.14. The first-order chi connectivity index (χ1) is 8.34. The number of rotatable bonds is 2. The summed E-state index contributed by atoms with van der Waals surface area (Å²) in [6, 6.07) is 10.7. The monoisotopic (exact) mass is 247 g/mol. The molecule has 0 radical (unpaired) electrons. The Bertz CT molecular complexity index is 417. The van der Waals surface area contributed by atoms with E-state index >= 15 is 0 Å². The van der Waals surface area contributed by atoms with E-state index in [-0.39, 0.29) is 14.0 Å². The van der Waals surface area contributed by atoms with Crippen molar-refractivity contribution in [3.63, 3.8) is 0 Å². The first-order valence-corrected chi connectivity index (χ1v) is 8.34. The molecule has 0 bridgehead atoms. The molecule has 2 aliphatic rings. The average Bonchev–Trinajstić information content (AvgIpc) is 2.98. The molecule has 0 N–H and O–H groups in total. The van der Waals surface area contributed by atoms with E-state index in [1.165, 1.54) is 24.6 Å². The van der Waals surface area contributed by atoms with E-state index in [0.29, 0.717) is 5.66 Å². The summed E-state index contributed by atoms with van der Waals surface area (Å²) in [6.07, 6.45) is 4.02. The van der Waals surface area contributed by atoms with Crippen LogP contribution in [0.1, 0.15) is 24.4 Å². The van der Waals surface area contributed by atoms with Crippen molar-refractivity contribution in [3.05, 3.63) is 35.9 Å². The zero-order valence-corrected chi connectivity index (χ0v) is 11.1. The number of benzene rings is 1. The Morgan fingerprint density at radius 2 is 2.12 bits per heavy atom. The molecule has 3 rings (SSSR count). The molecule has 1 fully saturated rings. The minimum absolute atomic E-state index is 0.117. The first-order valence-electron chi connectivity index (χ1n) is 6.30. The van der Waals surface area contributed by atoms with Crippen molar-refractivity contribution < 1.29 is 4.74 Å². The van der Waals surface area contributed by atoms with Crippen LogP contribution in [0.5, 0.6) is 0 Å². The molecule has 0 spiro atoms. The Kier molecular flexibility index (Phi) is 3.15. The lowest BCUT2D eigenvalue weighted by Crippen LogP contribution is -2.15. The molecular weight excluding hydrogens is 229 g/mol. The highest BCUT2D eigenvalue weighted by Crippen LogP contribution is 2.48. The third-order valence-electron chi connectivity index (χ3n) is 3.66. The van der Waals surface area contributed by atoms with E-state index < -0.39 is 0 Å². The zero-order chi connectivity index (χ0) is 11.7. The normalized spacial score (nSPS) is 32.3. The van der Waals surface area contributed by atoms with Crippen LogP contribution in [0, 0.1) is 0 Å². The Labute approximate surface area is 104 Å². The quantitative estimate of drug-likeness (QED) is 0.734. The Morgan fingerprint density at radius 3 is 2.82 bits per heavy atom. The van der Waals surface area contributed by atoms with Crippen molar-refractivity contribution in [1.29, 1.82) is 0 Å². The third kappa shape index (κ3) is 2.24. The molecule has 0 saturated carbocycles. The van der Waals surface area contributed by atoms with Crippen molar-refractivity contribution in [2.24, 2.45) is 4.99 Å². The molecular formula is C14H18NOP. The highest BCUT2D eigenvalue weighted by Gasteiger charge is 2.33. The van der Waals surface area contributed by atoms with Gasteiger partial charge in [-0.05, 0) is 31.2 Å². The summed E-state index contributed by atoms with van der Waals surface area (Å²) >= 11 is 0. The van der Waals surface area contributed by atoms with E-state index in [1.807, 2.05) is 6.07 Å². The smallest absolute Gasteiger partial charge is 0.191 e. The summed E-state index contributed by atoms with van der Waals surface area (Å²) in [5, 5.41) is 0. The van der Waals surface area contributed by atoms with Gasteiger partial charge in [-0.3, -0.25) is 0 Å². The van der Waals surface area contributed by atoms with Crippen LogP contribution in [0.25, 0.3) is 0 Å². The van der Waals surface area contributed by atoms with Gasteiger partial charge < -0.3 is 4.74 Å². The van der Waals surface area contributed by atoms with Crippen LogP contribution < -0.4 is 0 Å². The summed E-state index contributed by atoms with van der Waals surface area (Å²) in [7, 11) is 0.117. The van der Waals surface area contributed by atoms with Crippen molar-refractivity contribution in [3.8, 4) is 0 Å². The van der Waals surface area contributed by atoms with Gasteiger partial charge in [-0.1, -0.05) is 38.3 Å². The van der Waals surface area contributed by atoms with Gasteiger partial charge in [-0.2, -0.15) is 0 Å². The molecule has 1 aromatic carbocycles. The fraction of sp³-hybridized carbons (Fsp3) is 0.500. The van der Waals surface area contributed by atoms with Gasteiger partial charge >= 0.3 is 0 Å². The Balaban J connectivity index is 1.77. The fourth-order valence-corrected chi connectivity index (χ4v) is 4.78. The summed E-state index contributed by atoms with van der Waals surface area (Å²) in [5.41, 5.74) is 1.92. The van der Waals surface area contributed by atoms with Crippen LogP contribution in [0.2, 0.25) is 0 Å². The minimum Gasteiger partial charge on any atom is -0.478 e. The highest BCUT2D eigenvalue weighted by molar-refractivity contribution is 7.59. The molecule has 17 heavy (non-hydrogen) atoms. The van der Waals surface area contributed by atoms with Gasteiger partial charge in [0.05, 0.1) is 5.66 Å². The van der Waals surface area contributed by atoms with Crippen molar-refractivity contribution >= 4 is 13.8 Å². The van der Waals surface area contributed by atoms with Crippen LogP contribution in [-0.4, -0.2) is 31.0 Å². The third-order valence-corrected chi connectivity index (χ3v) is 6.23. The maximum Gasteiger partial charge on any atom is 0.191 e. The Hall–Kier alpha value is -0.880. The largest absolute Gasteiger partial charge is 0.478 e. The molecule has 3 atom stereocenters. The number of ether oxygens (including phenoxy) is 1. The standard InChI is InChI=1S/C14H18NOP/c1-17-9-5-8-13(17)14-15-12(10-16-14)11-6-3-2-4-7-11/h2-4,6-7,12-13H,5,8-10H2,1H3/t12-,13-,17+/m1/s1. The van der Waals surface area contributed by atoms with E-state index in [4.69, 9.17) is 9.73 Å². The molecule has 0 aromatic heterocycles. The second-order valence-corrected chi connectivity index (χ2v) is 7.43. The second-order valence-electron chi connectivity index (χ2n) is 4.84. The lowest BCUT2D eigenvalue weighted by molar-refractivity contribution is 0.312. The Morgan fingerprint density at radius 1 is 1.29 bits per heavy atom. The predicted octanol–water partition coefficient (Wildman–Crippen LogP) is 3.43. The maximum absolute atomic E-state index is 5.84. The molecule has 1 aromatic rings. The molecule has 0 aliphatic carbocycles. The summed E-state index contributed by atoms with van der Waals surface area (Å²) in [6.45, 7) is 3.12. The average molecular weight is 247 g/mol. The molecule has 1 saturated heterocycles. The van der Waals surface area contributed by atoms with Gasteiger partial charge in [0.2, 0.25) is 0 Å². The van der Waals surface area contributed by atoms with Crippen LogP contribution in [0.4, 0.5) is 0 Å². The van der Waals surface area contributed by atoms with Gasteiger partial charge in [0.1, 0.15) is 12.6 Å². The molecule has 2 aliphatic heterocycles. The van der Waals surface area contributed by atoms with Gasteiger partial charge in [-0.25, -0.2) is 4.99 Å². The van der Waals surface area contributed by atoms with E-state index in [0.717, 1.165) is 12.5 Å². The highest BCUT2D eigenvalue weighted by atomic mass is 31.1. The number of hydrogen-bond acceptors (Lipinski definition) is 2. The van der Waals surface area contributed by atoms with Crippen molar-refractivity contribution in [2.45, 2.75) is 24.5 Å². The van der Waals surface area contributed by atoms with E-state index in [2.05, 4.69) is 30.9 Å². The number of aliphatic imine (C=N–C) groups is 1. The molecule has 90 valence electrons. The van der Waals surface area contributed by atoms with Crippen molar-refractivity contribution in [1.82, 2.24) is 0 Å². The second kappa shape index (κ2) is 4.78. The van der Waals surface area contributed by atoms with Gasteiger partial charge in [0.25, 0.3) is 0 Å². The van der Waals surface area contributed by atoms with Crippen LogP contribution in [-0.2, 0) is 4.74 Å². The molecule has 2 nitrogen and oxygen atoms in total. The van der Waals surface area contributed by atoms with Gasteiger partial charge in [0.15, 0.2) is 5.90 Å². The van der Waals surface area contributed by atoms with Crippen LogP contribution in [0.15, 0.2) is 35.3 Å². The fourth-order valence-electron chi connectivity index (χ4n) is 2.64. The molecule has 3 heteroatoms. The van der Waals surface area contributed by atoms with Crippen LogP contribution >= 0.6 is 7.92 Å². The maximum atomic E-state index is 5.84. The summed E-state index contributed by atoms with van der Waals surface area (Å²) in [4.78, 5) is 4.80. The van der Waals surface area contributed by atoms with Gasteiger partial charge in [-0.15, -0.1) is 0 Å². The van der Waals surface area contributed by atoms with E-state index in [1.54, 1.807) is 0 Å². The topological polar surface area (TPSA) is 21.6 Å². The number of hydrogen-bond donors (Lipinski definition) is 0. The van der Waals surface area contributed by atoms with Gasteiger partial charge in [0, 0.05) is 0 Å². The summed E-state index contributed by atoms with van der Waals surface area (Å²) in [5.74, 6) is 1.05. The molecule has 2 heterocycles. The van der Waals surface area contributed by atoms with Crippen LogP contribution in [0.3, 0.4) is 0 Å².